The molecule has 1 amide bonds. The number of carbonyl (C=O) groups excluding carboxylic acids is 1. The molecule has 0 saturated carbocycles. The second-order valence-electron chi connectivity index (χ2n) is 4.34. The van der Waals surface area contributed by atoms with Crippen molar-refractivity contribution in [2.45, 2.75) is 19.4 Å². The largest absolute Gasteiger partial charge is 0.349 e. The van der Waals surface area contributed by atoms with Crippen molar-refractivity contribution < 1.29 is 9.18 Å². The Hall–Kier alpha value is -1.20. The molecule has 0 spiro atoms. The molecule has 0 saturated heterocycles. The Kier molecular flexibility index (Phi) is 4.71. The average molecular weight is 342 g/mol. The molecule has 0 aliphatic carbocycles. The summed E-state index contributed by atoms with van der Waals surface area (Å²) in [5.41, 5.74) is 0.875. The third kappa shape index (κ3) is 4.14. The van der Waals surface area contributed by atoms with Crippen molar-refractivity contribution in [2.75, 3.05) is 0 Å². The van der Waals surface area contributed by atoms with Crippen molar-refractivity contribution in [1.29, 1.82) is 0 Å². The molecule has 19 heavy (non-hydrogen) atoms. The highest BCUT2D eigenvalue weighted by atomic mass is 79.9. The van der Waals surface area contributed by atoms with Crippen molar-refractivity contribution in [3.63, 3.8) is 0 Å². The van der Waals surface area contributed by atoms with E-state index in [0.29, 0.717) is 11.3 Å². The van der Waals surface area contributed by atoms with E-state index in [1.54, 1.807) is 12.1 Å². The van der Waals surface area contributed by atoms with Gasteiger partial charge in [-0.2, -0.15) is 0 Å². The van der Waals surface area contributed by atoms with Gasteiger partial charge in [-0.3, -0.25) is 4.79 Å². The number of nitrogens with one attached hydrogen (secondary N) is 1. The Bertz CT molecular complexity index is 584. The lowest BCUT2D eigenvalue weighted by Crippen LogP contribution is -2.33. The molecule has 5 heteroatoms. The summed E-state index contributed by atoms with van der Waals surface area (Å²) in [4.78, 5) is 12.6. The van der Waals surface area contributed by atoms with E-state index >= 15 is 0 Å². The first-order valence-electron chi connectivity index (χ1n) is 5.84. The smallest absolute Gasteiger partial charge is 0.261 e. The van der Waals surface area contributed by atoms with E-state index < -0.39 is 0 Å². The zero-order valence-electron chi connectivity index (χ0n) is 10.3. The molecule has 1 aromatic carbocycles. The topological polar surface area (TPSA) is 29.1 Å². The Morgan fingerprint density at radius 2 is 2.26 bits per heavy atom. The van der Waals surface area contributed by atoms with Crippen molar-refractivity contribution in [2.24, 2.45) is 0 Å². The summed E-state index contributed by atoms with van der Waals surface area (Å²) in [6.45, 7) is 1.91. The zero-order chi connectivity index (χ0) is 13.8. The van der Waals surface area contributed by atoms with Crippen LogP contribution in [-0.2, 0) is 6.42 Å². The van der Waals surface area contributed by atoms with Crippen LogP contribution in [0.2, 0.25) is 0 Å². The summed E-state index contributed by atoms with van der Waals surface area (Å²) in [6.07, 6.45) is 0.607. The van der Waals surface area contributed by atoms with Gasteiger partial charge in [-0.25, -0.2) is 4.39 Å². The van der Waals surface area contributed by atoms with Gasteiger partial charge in [0, 0.05) is 15.9 Å². The molecule has 0 radical (unpaired) electrons. The van der Waals surface area contributed by atoms with Crippen LogP contribution in [-0.4, -0.2) is 11.9 Å². The van der Waals surface area contributed by atoms with Crippen LogP contribution in [0.5, 0.6) is 0 Å². The predicted octanol–water partition coefficient (Wildman–Crippen LogP) is 4.01. The number of hydrogen-bond donors (Lipinski definition) is 1. The van der Waals surface area contributed by atoms with Gasteiger partial charge in [-0.05, 0) is 53.0 Å². The van der Waals surface area contributed by atoms with Gasteiger partial charge in [-0.1, -0.05) is 12.1 Å². The van der Waals surface area contributed by atoms with E-state index in [4.69, 9.17) is 0 Å². The van der Waals surface area contributed by atoms with Crippen LogP contribution in [0.25, 0.3) is 0 Å². The van der Waals surface area contributed by atoms with Crippen LogP contribution in [0.4, 0.5) is 4.39 Å². The van der Waals surface area contributed by atoms with Gasteiger partial charge >= 0.3 is 0 Å². The second-order valence-corrected chi connectivity index (χ2v) is 6.16. The SMILES string of the molecule is C[C@@H](Cc1cccc(F)c1)NC(=O)c1cc(Br)cs1. The number of thiophene rings is 1. The molecule has 0 bridgehead atoms. The molecule has 1 aromatic heterocycles. The first-order chi connectivity index (χ1) is 9.04. The maximum absolute atomic E-state index is 13.1. The van der Waals surface area contributed by atoms with Crippen molar-refractivity contribution in [3.8, 4) is 0 Å². The molecule has 0 unspecified atom stereocenters. The van der Waals surface area contributed by atoms with E-state index in [1.165, 1.54) is 23.5 Å². The Morgan fingerprint density at radius 1 is 1.47 bits per heavy atom. The lowest BCUT2D eigenvalue weighted by molar-refractivity contribution is 0.0944. The number of hydrogen-bond acceptors (Lipinski definition) is 2. The molecule has 1 N–H and O–H groups in total. The molecule has 2 aromatic rings. The minimum absolute atomic E-state index is 0.0461. The minimum atomic E-state index is -0.252. The van der Waals surface area contributed by atoms with Crippen LogP contribution < -0.4 is 5.32 Å². The van der Waals surface area contributed by atoms with Gasteiger partial charge in [0.1, 0.15) is 5.82 Å². The molecule has 1 atom stereocenters. The fraction of sp³-hybridized carbons (Fsp3) is 0.214. The van der Waals surface area contributed by atoms with Crippen molar-refractivity contribution >= 4 is 33.2 Å². The van der Waals surface area contributed by atoms with Gasteiger partial charge < -0.3 is 5.32 Å². The average Bonchev–Trinajstić information content (AvgIpc) is 2.75. The third-order valence-electron chi connectivity index (χ3n) is 2.60. The number of amides is 1. The molecule has 100 valence electrons. The van der Waals surface area contributed by atoms with E-state index in [0.717, 1.165) is 10.0 Å². The highest BCUT2D eigenvalue weighted by Gasteiger charge is 2.12. The summed E-state index contributed by atoms with van der Waals surface area (Å²) in [5, 5.41) is 4.77. The van der Waals surface area contributed by atoms with E-state index in [-0.39, 0.29) is 17.8 Å². The van der Waals surface area contributed by atoms with E-state index in [9.17, 15) is 9.18 Å². The summed E-state index contributed by atoms with van der Waals surface area (Å²) < 4.78 is 14.0. The molecule has 0 fully saturated rings. The standard InChI is InChI=1S/C14H13BrFNOS/c1-9(5-10-3-2-4-12(16)6-10)17-14(18)13-7-11(15)8-19-13/h2-4,6-9H,5H2,1H3,(H,17,18)/t9-/m0/s1. The number of benzene rings is 1. The van der Waals surface area contributed by atoms with Gasteiger partial charge in [0.05, 0.1) is 4.88 Å². The van der Waals surface area contributed by atoms with Crippen molar-refractivity contribution in [3.05, 3.63) is 56.4 Å². The maximum atomic E-state index is 13.1. The normalized spacial score (nSPS) is 12.2. The lowest BCUT2D eigenvalue weighted by Gasteiger charge is -2.13. The predicted molar refractivity (Wildman–Crippen MR) is 79.1 cm³/mol. The Balaban J connectivity index is 1.94. The Labute approximate surface area is 123 Å². The molecule has 0 aliphatic heterocycles. The van der Waals surface area contributed by atoms with Crippen molar-refractivity contribution in [1.82, 2.24) is 5.32 Å². The fourth-order valence-corrected chi connectivity index (χ4v) is 3.12. The fourth-order valence-electron chi connectivity index (χ4n) is 1.80. The quantitative estimate of drug-likeness (QED) is 0.894. The highest BCUT2D eigenvalue weighted by molar-refractivity contribution is 9.10. The zero-order valence-corrected chi connectivity index (χ0v) is 12.7. The molecular formula is C14H13BrFNOS. The van der Waals surface area contributed by atoms with E-state index in [1.807, 2.05) is 18.4 Å². The van der Waals surface area contributed by atoms with Gasteiger partial charge in [-0.15, -0.1) is 11.3 Å². The lowest BCUT2D eigenvalue weighted by atomic mass is 10.1. The number of halogens is 2. The first kappa shape index (κ1) is 14.2. The molecule has 2 nitrogen and oxygen atoms in total. The summed E-state index contributed by atoms with van der Waals surface area (Å²) in [5.74, 6) is -0.349. The highest BCUT2D eigenvalue weighted by Crippen LogP contribution is 2.19. The second kappa shape index (κ2) is 6.30. The third-order valence-corrected chi connectivity index (χ3v) is 4.29. The van der Waals surface area contributed by atoms with Gasteiger partial charge in [0.15, 0.2) is 0 Å². The molecular weight excluding hydrogens is 329 g/mol. The molecule has 0 aliphatic rings. The van der Waals surface area contributed by atoms with Crippen LogP contribution in [0, 0.1) is 5.82 Å². The van der Waals surface area contributed by atoms with E-state index in [2.05, 4.69) is 21.2 Å². The number of rotatable bonds is 4. The van der Waals surface area contributed by atoms with Crippen LogP contribution in [0.15, 0.2) is 40.2 Å². The van der Waals surface area contributed by atoms with Gasteiger partial charge in [0.2, 0.25) is 0 Å². The maximum Gasteiger partial charge on any atom is 0.261 e. The summed E-state index contributed by atoms with van der Waals surface area (Å²) >= 11 is 4.71. The van der Waals surface area contributed by atoms with Crippen LogP contribution in [0.3, 0.4) is 0 Å². The number of carbonyl (C=O) groups is 1. The van der Waals surface area contributed by atoms with Crippen LogP contribution in [0.1, 0.15) is 22.2 Å². The van der Waals surface area contributed by atoms with Gasteiger partial charge in [0.25, 0.3) is 5.91 Å². The molecule has 1 heterocycles. The first-order valence-corrected chi connectivity index (χ1v) is 7.51. The molecule has 2 rings (SSSR count). The summed E-state index contributed by atoms with van der Waals surface area (Å²) in [7, 11) is 0. The summed E-state index contributed by atoms with van der Waals surface area (Å²) in [6, 6.07) is 8.17. The monoisotopic (exact) mass is 341 g/mol. The minimum Gasteiger partial charge on any atom is -0.349 e. The Morgan fingerprint density at radius 3 is 2.89 bits per heavy atom. The van der Waals surface area contributed by atoms with Crippen LogP contribution >= 0.6 is 27.3 Å².